The standard InChI is InChI=1S/C17H32N6/c1-13-16(14(2)23(5)21-13)12-20-17(18-3)19-10-11-22(4)15-8-6-7-9-15/h15H,6-12H2,1-5H3,(H2,18,19,20). The molecule has 6 heteroatoms. The predicted molar refractivity (Wildman–Crippen MR) is 95.8 cm³/mol. The van der Waals surface area contributed by atoms with E-state index in [2.05, 4.69) is 46.5 Å². The molecular formula is C17H32N6. The molecule has 0 radical (unpaired) electrons. The first kappa shape index (κ1) is 17.8. The van der Waals surface area contributed by atoms with E-state index in [1.807, 2.05) is 18.8 Å². The van der Waals surface area contributed by atoms with E-state index in [-0.39, 0.29) is 0 Å². The Labute approximate surface area is 140 Å². The maximum absolute atomic E-state index is 4.45. The maximum atomic E-state index is 4.45. The monoisotopic (exact) mass is 320 g/mol. The predicted octanol–water partition coefficient (Wildman–Crippen LogP) is 1.58. The molecule has 1 aliphatic carbocycles. The van der Waals surface area contributed by atoms with E-state index >= 15 is 0 Å². The molecule has 0 aliphatic heterocycles. The average Bonchev–Trinajstić information content (AvgIpc) is 3.14. The van der Waals surface area contributed by atoms with Gasteiger partial charge in [0.25, 0.3) is 0 Å². The molecule has 1 aromatic heterocycles. The lowest BCUT2D eigenvalue weighted by Gasteiger charge is -2.24. The van der Waals surface area contributed by atoms with E-state index in [1.54, 1.807) is 0 Å². The van der Waals surface area contributed by atoms with E-state index in [1.165, 1.54) is 36.9 Å². The second-order valence-electron chi connectivity index (χ2n) is 6.54. The third-order valence-corrected chi connectivity index (χ3v) is 5.02. The van der Waals surface area contributed by atoms with Gasteiger partial charge in [-0.3, -0.25) is 9.67 Å². The van der Waals surface area contributed by atoms with Gasteiger partial charge < -0.3 is 15.5 Å². The number of nitrogens with one attached hydrogen (secondary N) is 2. The van der Waals surface area contributed by atoms with Gasteiger partial charge in [0.05, 0.1) is 5.69 Å². The second kappa shape index (κ2) is 8.34. The molecule has 0 bridgehead atoms. The number of aromatic nitrogens is 2. The summed E-state index contributed by atoms with van der Waals surface area (Å²) in [5.41, 5.74) is 3.53. The highest BCUT2D eigenvalue weighted by atomic mass is 15.3. The van der Waals surface area contributed by atoms with E-state index in [4.69, 9.17) is 0 Å². The van der Waals surface area contributed by atoms with Crippen LogP contribution in [0.25, 0.3) is 0 Å². The van der Waals surface area contributed by atoms with Crippen molar-refractivity contribution in [3.63, 3.8) is 0 Å². The number of likely N-dealkylation sites (N-methyl/N-ethyl adjacent to an activating group) is 1. The van der Waals surface area contributed by atoms with Crippen LogP contribution in [0.4, 0.5) is 0 Å². The van der Waals surface area contributed by atoms with Crippen molar-refractivity contribution in [1.82, 2.24) is 25.3 Å². The van der Waals surface area contributed by atoms with Crippen molar-refractivity contribution in [3.8, 4) is 0 Å². The number of hydrogen-bond acceptors (Lipinski definition) is 3. The zero-order valence-corrected chi connectivity index (χ0v) is 15.3. The summed E-state index contributed by atoms with van der Waals surface area (Å²) in [5, 5.41) is 11.3. The summed E-state index contributed by atoms with van der Waals surface area (Å²) in [4.78, 5) is 6.79. The summed E-state index contributed by atoms with van der Waals surface area (Å²) in [7, 11) is 6.03. The van der Waals surface area contributed by atoms with Crippen LogP contribution >= 0.6 is 0 Å². The van der Waals surface area contributed by atoms with Crippen LogP contribution in [0.1, 0.15) is 42.6 Å². The first-order valence-corrected chi connectivity index (χ1v) is 8.66. The van der Waals surface area contributed by atoms with Gasteiger partial charge in [-0.15, -0.1) is 0 Å². The Bertz CT molecular complexity index is 527. The summed E-state index contributed by atoms with van der Waals surface area (Å²) in [6.07, 6.45) is 5.47. The molecule has 1 aromatic rings. The maximum Gasteiger partial charge on any atom is 0.191 e. The SMILES string of the molecule is CN=C(NCCN(C)C1CCCC1)NCc1c(C)nn(C)c1C. The van der Waals surface area contributed by atoms with Crippen molar-refractivity contribution < 1.29 is 0 Å². The van der Waals surface area contributed by atoms with Gasteiger partial charge in [0.15, 0.2) is 5.96 Å². The first-order chi connectivity index (χ1) is 11.0. The highest BCUT2D eigenvalue weighted by molar-refractivity contribution is 5.79. The molecule has 0 amide bonds. The molecule has 2 N–H and O–H groups in total. The Morgan fingerprint density at radius 2 is 2.00 bits per heavy atom. The van der Waals surface area contributed by atoms with Crippen molar-refractivity contribution in [3.05, 3.63) is 17.0 Å². The number of rotatable bonds is 6. The third kappa shape index (κ3) is 4.70. The Hall–Kier alpha value is -1.56. The fourth-order valence-corrected chi connectivity index (χ4v) is 3.34. The molecule has 0 unspecified atom stereocenters. The van der Waals surface area contributed by atoms with Crippen molar-refractivity contribution >= 4 is 5.96 Å². The minimum absolute atomic E-state index is 0.754. The zero-order chi connectivity index (χ0) is 16.8. The van der Waals surface area contributed by atoms with Crippen LogP contribution < -0.4 is 10.6 Å². The summed E-state index contributed by atoms with van der Waals surface area (Å²) in [6, 6.07) is 0.771. The molecule has 6 nitrogen and oxygen atoms in total. The fourth-order valence-electron chi connectivity index (χ4n) is 3.34. The van der Waals surface area contributed by atoms with Crippen molar-refractivity contribution in [2.24, 2.45) is 12.0 Å². The lowest BCUT2D eigenvalue weighted by Crippen LogP contribution is -2.42. The topological polar surface area (TPSA) is 57.5 Å². The first-order valence-electron chi connectivity index (χ1n) is 8.66. The van der Waals surface area contributed by atoms with E-state index in [0.717, 1.165) is 37.3 Å². The largest absolute Gasteiger partial charge is 0.355 e. The van der Waals surface area contributed by atoms with E-state index in [0.29, 0.717) is 0 Å². The Balaban J connectivity index is 1.75. The molecule has 0 saturated heterocycles. The lowest BCUT2D eigenvalue weighted by molar-refractivity contribution is 0.249. The number of nitrogens with zero attached hydrogens (tertiary/aromatic N) is 4. The molecule has 1 aliphatic rings. The molecule has 0 atom stereocenters. The molecule has 1 heterocycles. The number of aliphatic imine (C=N–C) groups is 1. The fraction of sp³-hybridized carbons (Fsp3) is 0.765. The molecule has 130 valence electrons. The zero-order valence-electron chi connectivity index (χ0n) is 15.3. The molecule has 0 aromatic carbocycles. The van der Waals surface area contributed by atoms with Crippen LogP contribution in [0.15, 0.2) is 4.99 Å². The van der Waals surface area contributed by atoms with E-state index < -0.39 is 0 Å². The van der Waals surface area contributed by atoms with E-state index in [9.17, 15) is 0 Å². The molecular weight excluding hydrogens is 288 g/mol. The summed E-state index contributed by atoms with van der Waals surface area (Å²) in [6.45, 7) is 6.87. The van der Waals surface area contributed by atoms with Crippen LogP contribution in [0.5, 0.6) is 0 Å². The minimum Gasteiger partial charge on any atom is -0.355 e. The van der Waals surface area contributed by atoms with Gasteiger partial charge in [0, 0.05) is 51.0 Å². The molecule has 1 saturated carbocycles. The van der Waals surface area contributed by atoms with Gasteiger partial charge in [-0.2, -0.15) is 5.10 Å². The average molecular weight is 320 g/mol. The van der Waals surface area contributed by atoms with Crippen molar-refractivity contribution in [2.45, 2.75) is 52.1 Å². The number of hydrogen-bond donors (Lipinski definition) is 2. The van der Waals surface area contributed by atoms with Gasteiger partial charge in [-0.1, -0.05) is 12.8 Å². The third-order valence-electron chi connectivity index (χ3n) is 5.02. The van der Waals surface area contributed by atoms with Gasteiger partial charge in [-0.05, 0) is 33.7 Å². The lowest BCUT2D eigenvalue weighted by atomic mass is 10.2. The molecule has 1 fully saturated rings. The van der Waals surface area contributed by atoms with Crippen LogP contribution in [-0.2, 0) is 13.6 Å². The second-order valence-corrected chi connectivity index (χ2v) is 6.54. The Morgan fingerprint density at radius 3 is 2.57 bits per heavy atom. The van der Waals surface area contributed by atoms with Gasteiger partial charge in [-0.25, -0.2) is 0 Å². The van der Waals surface area contributed by atoms with Crippen LogP contribution in [0.3, 0.4) is 0 Å². The van der Waals surface area contributed by atoms with Gasteiger partial charge in [0.2, 0.25) is 0 Å². The molecule has 2 rings (SSSR count). The quantitative estimate of drug-likeness (QED) is 0.617. The molecule has 23 heavy (non-hydrogen) atoms. The van der Waals surface area contributed by atoms with Crippen LogP contribution in [0, 0.1) is 13.8 Å². The normalized spacial score (nSPS) is 16.3. The minimum atomic E-state index is 0.754. The number of guanidine groups is 1. The van der Waals surface area contributed by atoms with Gasteiger partial charge >= 0.3 is 0 Å². The highest BCUT2D eigenvalue weighted by Crippen LogP contribution is 2.21. The summed E-state index contributed by atoms with van der Waals surface area (Å²) >= 11 is 0. The summed E-state index contributed by atoms with van der Waals surface area (Å²) < 4.78 is 1.93. The van der Waals surface area contributed by atoms with Crippen LogP contribution in [-0.4, -0.2) is 53.9 Å². The highest BCUT2D eigenvalue weighted by Gasteiger charge is 2.18. The van der Waals surface area contributed by atoms with Crippen LogP contribution in [0.2, 0.25) is 0 Å². The Morgan fingerprint density at radius 1 is 1.30 bits per heavy atom. The van der Waals surface area contributed by atoms with Crippen molar-refractivity contribution in [2.75, 3.05) is 27.2 Å². The smallest absolute Gasteiger partial charge is 0.191 e. The molecule has 0 spiro atoms. The number of aryl methyl sites for hydroxylation is 2. The van der Waals surface area contributed by atoms with Gasteiger partial charge in [0.1, 0.15) is 0 Å². The summed E-state index contributed by atoms with van der Waals surface area (Å²) in [5.74, 6) is 0.854. The Kier molecular flexibility index (Phi) is 6.45. The van der Waals surface area contributed by atoms with Crippen molar-refractivity contribution in [1.29, 1.82) is 0 Å².